The smallest absolute Gasteiger partial charge is 0.255 e. The average molecular weight is 460 g/mol. The first kappa shape index (κ1) is 24.1. The molecule has 1 amide bonds. The highest BCUT2D eigenvalue weighted by Crippen LogP contribution is 2.26. The Morgan fingerprint density at radius 2 is 1.62 bits per heavy atom. The number of ether oxygens (including phenoxy) is 1. The van der Waals surface area contributed by atoms with Crippen molar-refractivity contribution in [2.45, 2.75) is 58.5 Å². The number of hydrogen-bond donors (Lipinski definition) is 2. The molecule has 1 aliphatic heterocycles. The molecule has 2 aromatic rings. The second-order valence-corrected chi connectivity index (χ2v) is 11.8. The molecule has 0 spiro atoms. The zero-order valence-corrected chi connectivity index (χ0v) is 20.4. The summed E-state index contributed by atoms with van der Waals surface area (Å²) in [6.07, 6.45) is 0.351. The molecule has 2 aromatic carbocycles. The van der Waals surface area contributed by atoms with Crippen molar-refractivity contribution in [2.24, 2.45) is 0 Å². The van der Waals surface area contributed by atoms with E-state index < -0.39 is 14.8 Å². The van der Waals surface area contributed by atoms with Gasteiger partial charge in [-0.1, -0.05) is 0 Å². The lowest BCUT2D eigenvalue weighted by molar-refractivity contribution is -0.00522. The fourth-order valence-corrected chi connectivity index (χ4v) is 4.32. The fraction of sp³-hybridized carbons (Fsp3) is 0.458. The van der Waals surface area contributed by atoms with Gasteiger partial charge in [-0.15, -0.1) is 0 Å². The Bertz CT molecular complexity index is 1070. The number of carbonyl (C=O) groups is 1. The van der Waals surface area contributed by atoms with Crippen molar-refractivity contribution in [1.82, 2.24) is 0 Å². The molecule has 0 radical (unpaired) electrons. The molecule has 0 aliphatic carbocycles. The number of carbonyl (C=O) groups excluding carboxylic acids is 1. The molecule has 1 heterocycles. The van der Waals surface area contributed by atoms with Crippen LogP contribution in [0.15, 0.2) is 42.5 Å². The van der Waals surface area contributed by atoms with Crippen LogP contribution in [0.1, 0.15) is 50.5 Å². The fourth-order valence-electron chi connectivity index (χ4n) is 3.57. The van der Waals surface area contributed by atoms with Gasteiger partial charge in [0, 0.05) is 35.7 Å². The lowest BCUT2D eigenvalue weighted by Gasteiger charge is -2.37. The van der Waals surface area contributed by atoms with E-state index in [4.69, 9.17) is 4.74 Å². The van der Waals surface area contributed by atoms with Crippen molar-refractivity contribution in [2.75, 3.05) is 28.0 Å². The van der Waals surface area contributed by atoms with Crippen LogP contribution < -0.4 is 14.9 Å². The Morgan fingerprint density at radius 1 is 1.03 bits per heavy atom. The van der Waals surface area contributed by atoms with Gasteiger partial charge < -0.3 is 15.0 Å². The van der Waals surface area contributed by atoms with E-state index in [0.717, 1.165) is 30.0 Å². The van der Waals surface area contributed by atoms with Crippen LogP contribution in [0.3, 0.4) is 0 Å². The molecule has 0 aromatic heterocycles. The van der Waals surface area contributed by atoms with Gasteiger partial charge >= 0.3 is 0 Å². The minimum atomic E-state index is -3.52. The third-order valence-corrected chi connectivity index (χ3v) is 7.57. The summed E-state index contributed by atoms with van der Waals surface area (Å²) in [5, 5.41) is 2.95. The number of aryl methyl sites for hydroxylation is 1. The number of nitrogens with zero attached hydrogens (tertiary/aromatic N) is 1. The van der Waals surface area contributed by atoms with Gasteiger partial charge in [-0.2, -0.15) is 0 Å². The summed E-state index contributed by atoms with van der Waals surface area (Å²) in [7, 11) is -3.52. The van der Waals surface area contributed by atoms with Crippen LogP contribution in [-0.4, -0.2) is 44.4 Å². The van der Waals surface area contributed by atoms with Crippen molar-refractivity contribution in [1.29, 1.82) is 0 Å². The molecule has 7 nitrogen and oxygen atoms in total. The quantitative estimate of drug-likeness (QED) is 0.692. The number of rotatable bonds is 5. The maximum atomic E-state index is 12.7. The van der Waals surface area contributed by atoms with Gasteiger partial charge in [0.1, 0.15) is 0 Å². The van der Waals surface area contributed by atoms with E-state index in [0.29, 0.717) is 11.3 Å². The first-order valence-electron chi connectivity index (χ1n) is 10.8. The molecule has 1 aliphatic rings. The molecule has 174 valence electrons. The molecular formula is C24H33N3O4S. The molecule has 1 fully saturated rings. The number of anilines is 3. The summed E-state index contributed by atoms with van der Waals surface area (Å²) in [6.45, 7) is 12.7. The minimum Gasteiger partial charge on any atom is -0.372 e. The average Bonchev–Trinajstić information content (AvgIpc) is 2.68. The number of morpholine rings is 1. The molecule has 0 unspecified atom stereocenters. The molecule has 1 saturated heterocycles. The topological polar surface area (TPSA) is 87.7 Å². The monoisotopic (exact) mass is 459 g/mol. The lowest BCUT2D eigenvalue weighted by atomic mass is 10.1. The van der Waals surface area contributed by atoms with Crippen LogP contribution in [0.4, 0.5) is 17.1 Å². The zero-order valence-electron chi connectivity index (χ0n) is 19.6. The van der Waals surface area contributed by atoms with Gasteiger partial charge in [0.15, 0.2) is 0 Å². The third kappa shape index (κ3) is 5.61. The molecule has 8 heteroatoms. The van der Waals surface area contributed by atoms with Crippen LogP contribution >= 0.6 is 0 Å². The predicted octanol–water partition coefficient (Wildman–Crippen LogP) is 4.40. The van der Waals surface area contributed by atoms with Crippen molar-refractivity contribution in [3.05, 3.63) is 53.6 Å². The summed E-state index contributed by atoms with van der Waals surface area (Å²) < 4.78 is 32.0. The Labute approximate surface area is 191 Å². The maximum Gasteiger partial charge on any atom is 0.255 e. The largest absolute Gasteiger partial charge is 0.372 e. The number of benzene rings is 2. The second kappa shape index (κ2) is 9.11. The normalized spacial score (nSPS) is 19.5. The highest BCUT2D eigenvalue weighted by molar-refractivity contribution is 7.94. The molecule has 0 saturated carbocycles. The SMILES string of the molecule is Cc1cc(N2C[C@@H](C)O[C@@H](C)C2)ccc1NC(=O)c1ccc(NS(=O)(=O)C(C)(C)C)cc1. The van der Waals surface area contributed by atoms with Crippen molar-refractivity contribution < 1.29 is 17.9 Å². The van der Waals surface area contributed by atoms with Gasteiger partial charge in [-0.05, 0) is 89.6 Å². The van der Waals surface area contributed by atoms with E-state index in [1.807, 2.05) is 19.1 Å². The Hall–Kier alpha value is -2.58. The Balaban J connectivity index is 1.68. The van der Waals surface area contributed by atoms with Crippen LogP contribution in [0.5, 0.6) is 0 Å². The second-order valence-electron chi connectivity index (χ2n) is 9.41. The predicted molar refractivity (Wildman–Crippen MR) is 130 cm³/mol. The van der Waals surface area contributed by atoms with E-state index in [2.05, 4.69) is 34.9 Å². The van der Waals surface area contributed by atoms with Crippen LogP contribution in [-0.2, 0) is 14.8 Å². The maximum absolute atomic E-state index is 12.7. The van der Waals surface area contributed by atoms with E-state index in [-0.39, 0.29) is 18.1 Å². The Morgan fingerprint density at radius 3 is 2.16 bits per heavy atom. The molecular weight excluding hydrogens is 426 g/mol. The third-order valence-electron chi connectivity index (χ3n) is 5.45. The van der Waals surface area contributed by atoms with E-state index in [1.165, 1.54) is 0 Å². The van der Waals surface area contributed by atoms with E-state index in [9.17, 15) is 13.2 Å². The van der Waals surface area contributed by atoms with E-state index >= 15 is 0 Å². The number of hydrogen-bond acceptors (Lipinski definition) is 5. The summed E-state index contributed by atoms with van der Waals surface area (Å²) in [6, 6.07) is 12.4. The van der Waals surface area contributed by atoms with Crippen molar-refractivity contribution in [3.8, 4) is 0 Å². The van der Waals surface area contributed by atoms with Gasteiger partial charge in [0.2, 0.25) is 10.0 Å². The molecule has 2 N–H and O–H groups in total. The number of nitrogens with one attached hydrogen (secondary N) is 2. The highest BCUT2D eigenvalue weighted by atomic mass is 32.2. The molecule has 2 atom stereocenters. The van der Waals surface area contributed by atoms with Gasteiger partial charge in [-0.25, -0.2) is 8.42 Å². The van der Waals surface area contributed by atoms with E-state index in [1.54, 1.807) is 45.0 Å². The summed E-state index contributed by atoms with van der Waals surface area (Å²) >= 11 is 0. The van der Waals surface area contributed by atoms with Crippen molar-refractivity contribution >= 4 is 33.0 Å². The van der Waals surface area contributed by atoms with Crippen LogP contribution in [0, 0.1) is 6.92 Å². The zero-order chi connectivity index (χ0) is 23.7. The van der Waals surface area contributed by atoms with Crippen LogP contribution in [0.2, 0.25) is 0 Å². The standard InChI is InChI=1S/C24H33N3O4S/c1-16-13-21(27-14-17(2)31-18(3)15-27)11-12-22(16)25-23(28)19-7-9-20(10-8-19)26-32(29,30)24(4,5)6/h7-13,17-18,26H,14-15H2,1-6H3,(H,25,28)/t17-,18+. The Kier molecular flexibility index (Phi) is 6.86. The van der Waals surface area contributed by atoms with Gasteiger partial charge in [-0.3, -0.25) is 9.52 Å². The highest BCUT2D eigenvalue weighted by Gasteiger charge is 2.29. The summed E-state index contributed by atoms with van der Waals surface area (Å²) in [4.78, 5) is 15.0. The number of amides is 1. The molecule has 3 rings (SSSR count). The molecule has 32 heavy (non-hydrogen) atoms. The van der Waals surface area contributed by atoms with Crippen molar-refractivity contribution in [3.63, 3.8) is 0 Å². The van der Waals surface area contributed by atoms with Crippen LogP contribution in [0.25, 0.3) is 0 Å². The first-order valence-corrected chi connectivity index (χ1v) is 12.3. The number of sulfonamides is 1. The minimum absolute atomic E-state index is 0.175. The lowest BCUT2D eigenvalue weighted by Crippen LogP contribution is -2.45. The first-order chi connectivity index (χ1) is 14.9. The van der Waals surface area contributed by atoms with Gasteiger partial charge in [0.05, 0.1) is 17.0 Å². The van der Waals surface area contributed by atoms with Gasteiger partial charge in [0.25, 0.3) is 5.91 Å². The summed E-state index contributed by atoms with van der Waals surface area (Å²) in [5.41, 5.74) is 3.69. The summed E-state index contributed by atoms with van der Waals surface area (Å²) in [5.74, 6) is -0.250. The molecule has 0 bridgehead atoms.